The quantitative estimate of drug-likeness (QED) is 0.549. The predicted octanol–water partition coefficient (Wildman–Crippen LogP) is 4.36. The molecule has 0 bridgehead atoms. The van der Waals surface area contributed by atoms with Crippen LogP contribution in [0.4, 0.5) is 4.39 Å². The largest absolute Gasteiger partial charge is 0.505 e. The summed E-state index contributed by atoms with van der Waals surface area (Å²) in [5, 5.41) is 12.7. The number of carbonyl (C=O) groups excluding carboxylic acids is 1. The molecule has 6 nitrogen and oxygen atoms in total. The molecule has 1 aliphatic carbocycles. The Morgan fingerprint density at radius 2 is 1.94 bits per heavy atom. The predicted molar refractivity (Wildman–Crippen MR) is 124 cm³/mol. The summed E-state index contributed by atoms with van der Waals surface area (Å²) in [4.78, 5) is 14.4. The number of hydrogen-bond acceptors (Lipinski definition) is 5. The molecule has 4 rings (SSSR count). The van der Waals surface area contributed by atoms with E-state index in [2.05, 4.69) is 12.2 Å². The first-order valence-electron chi connectivity index (χ1n) is 11.8. The second-order valence-corrected chi connectivity index (χ2v) is 9.15. The highest BCUT2D eigenvalue weighted by Crippen LogP contribution is 2.36. The van der Waals surface area contributed by atoms with Crippen molar-refractivity contribution in [3.8, 4) is 17.2 Å². The Labute approximate surface area is 194 Å². The first-order valence-corrected chi connectivity index (χ1v) is 11.8. The lowest BCUT2D eigenvalue weighted by molar-refractivity contribution is 0.0682. The number of likely N-dealkylation sites (N-methyl/N-ethyl adjacent to an activating group) is 1. The van der Waals surface area contributed by atoms with Gasteiger partial charge in [-0.25, -0.2) is 4.39 Å². The SMILES string of the molecule is CNCCOc1cccc(OC(C)C2CCC(CN3Cc4ccc(O)c(F)c4C3=O)CC2)c1. The number of carbonyl (C=O) groups is 1. The van der Waals surface area contributed by atoms with E-state index in [4.69, 9.17) is 9.47 Å². The molecular weight excluding hydrogens is 423 g/mol. The number of ether oxygens (including phenoxy) is 2. The third kappa shape index (κ3) is 5.41. The lowest BCUT2D eigenvalue weighted by atomic mass is 9.79. The Balaban J connectivity index is 1.26. The molecule has 0 saturated heterocycles. The zero-order valence-electron chi connectivity index (χ0n) is 19.4. The van der Waals surface area contributed by atoms with Crippen LogP contribution >= 0.6 is 0 Å². The number of halogens is 1. The molecule has 2 aromatic carbocycles. The third-order valence-corrected chi connectivity index (χ3v) is 6.85. The van der Waals surface area contributed by atoms with Crippen molar-refractivity contribution in [1.82, 2.24) is 10.2 Å². The van der Waals surface area contributed by atoms with E-state index in [1.807, 2.05) is 31.3 Å². The first kappa shape index (κ1) is 23.4. The van der Waals surface area contributed by atoms with Gasteiger partial charge in [-0.2, -0.15) is 0 Å². The summed E-state index contributed by atoms with van der Waals surface area (Å²) in [6, 6.07) is 10.7. The second kappa shape index (κ2) is 10.4. The summed E-state index contributed by atoms with van der Waals surface area (Å²) in [6.45, 7) is 4.56. The van der Waals surface area contributed by atoms with Gasteiger partial charge in [-0.05, 0) is 75.3 Å². The number of aromatic hydroxyl groups is 1. The van der Waals surface area contributed by atoms with Gasteiger partial charge in [-0.3, -0.25) is 4.79 Å². The molecule has 1 fully saturated rings. The van der Waals surface area contributed by atoms with Gasteiger partial charge in [0.05, 0.1) is 11.7 Å². The monoisotopic (exact) mass is 456 g/mol. The molecule has 1 unspecified atom stereocenters. The number of fused-ring (bicyclic) bond motifs is 1. The number of nitrogens with zero attached hydrogens (tertiary/aromatic N) is 1. The topological polar surface area (TPSA) is 71.0 Å². The lowest BCUT2D eigenvalue weighted by Crippen LogP contribution is -2.34. The van der Waals surface area contributed by atoms with E-state index in [0.717, 1.165) is 43.7 Å². The van der Waals surface area contributed by atoms with E-state index in [-0.39, 0.29) is 17.6 Å². The lowest BCUT2D eigenvalue weighted by Gasteiger charge is -2.34. The van der Waals surface area contributed by atoms with Crippen molar-refractivity contribution < 1.29 is 23.8 Å². The number of rotatable bonds is 9. The van der Waals surface area contributed by atoms with Crippen molar-refractivity contribution in [1.29, 1.82) is 0 Å². The van der Waals surface area contributed by atoms with Crippen molar-refractivity contribution in [2.24, 2.45) is 11.8 Å². The van der Waals surface area contributed by atoms with Gasteiger partial charge in [0.1, 0.15) is 18.1 Å². The van der Waals surface area contributed by atoms with E-state index >= 15 is 0 Å². The minimum Gasteiger partial charge on any atom is -0.505 e. The van der Waals surface area contributed by atoms with Crippen LogP contribution in [0.25, 0.3) is 0 Å². The summed E-state index contributed by atoms with van der Waals surface area (Å²) < 4.78 is 26.2. The number of amides is 1. The fraction of sp³-hybridized carbons (Fsp3) is 0.500. The molecule has 1 saturated carbocycles. The molecule has 1 atom stereocenters. The molecule has 1 heterocycles. The van der Waals surface area contributed by atoms with Gasteiger partial charge in [0, 0.05) is 25.7 Å². The molecule has 7 heteroatoms. The van der Waals surface area contributed by atoms with Gasteiger partial charge in [0.25, 0.3) is 5.91 Å². The van der Waals surface area contributed by atoms with Crippen molar-refractivity contribution in [3.63, 3.8) is 0 Å². The van der Waals surface area contributed by atoms with Gasteiger partial charge in [-0.15, -0.1) is 0 Å². The average molecular weight is 457 g/mol. The molecule has 1 amide bonds. The Hall–Kier alpha value is -2.80. The Bertz CT molecular complexity index is 975. The van der Waals surface area contributed by atoms with Crippen molar-refractivity contribution in [3.05, 3.63) is 53.3 Å². The Kier molecular flexibility index (Phi) is 7.38. The van der Waals surface area contributed by atoms with E-state index < -0.39 is 11.6 Å². The van der Waals surface area contributed by atoms with Gasteiger partial charge < -0.3 is 24.8 Å². The second-order valence-electron chi connectivity index (χ2n) is 9.15. The Morgan fingerprint density at radius 1 is 1.18 bits per heavy atom. The molecular formula is C26H33FN2O4. The van der Waals surface area contributed by atoms with E-state index in [1.54, 1.807) is 11.0 Å². The van der Waals surface area contributed by atoms with Crippen LogP contribution in [0.1, 0.15) is 48.5 Å². The van der Waals surface area contributed by atoms with Crippen LogP contribution in [-0.2, 0) is 6.54 Å². The zero-order valence-corrected chi connectivity index (χ0v) is 19.4. The average Bonchev–Trinajstić information content (AvgIpc) is 3.13. The minimum atomic E-state index is -0.800. The number of hydrogen-bond donors (Lipinski definition) is 2. The minimum absolute atomic E-state index is 0.0304. The van der Waals surface area contributed by atoms with Crippen molar-refractivity contribution in [2.75, 3.05) is 26.7 Å². The number of phenols is 1. The van der Waals surface area contributed by atoms with Gasteiger partial charge >= 0.3 is 0 Å². The molecule has 1 aliphatic heterocycles. The number of phenolic OH excluding ortho intramolecular Hbond substituents is 1. The fourth-order valence-electron chi connectivity index (χ4n) is 4.92. The molecule has 2 N–H and O–H groups in total. The normalized spacial score (nSPS) is 21.1. The molecule has 2 aromatic rings. The van der Waals surface area contributed by atoms with Crippen molar-refractivity contribution in [2.45, 2.75) is 45.3 Å². The van der Waals surface area contributed by atoms with Crippen LogP contribution < -0.4 is 14.8 Å². The maximum absolute atomic E-state index is 14.2. The summed E-state index contributed by atoms with van der Waals surface area (Å²) >= 11 is 0. The fourth-order valence-corrected chi connectivity index (χ4v) is 4.92. The third-order valence-electron chi connectivity index (χ3n) is 6.85. The standard InChI is InChI=1S/C26H33FN2O4/c1-17(33-22-5-3-4-21(14-22)32-13-12-28-2)19-8-6-18(7-9-19)15-29-16-20-10-11-23(30)25(27)24(20)26(29)31/h3-5,10-11,14,17-19,28,30H,6-9,12-13,15-16H2,1-2H3. The zero-order chi connectivity index (χ0) is 23.4. The van der Waals surface area contributed by atoms with Gasteiger partial charge in [0.2, 0.25) is 0 Å². The summed E-state index contributed by atoms with van der Waals surface area (Å²) in [7, 11) is 1.90. The molecule has 178 valence electrons. The number of benzene rings is 2. The van der Waals surface area contributed by atoms with Crippen LogP contribution in [0.3, 0.4) is 0 Å². The molecule has 0 spiro atoms. The van der Waals surface area contributed by atoms with Crippen LogP contribution in [0.15, 0.2) is 36.4 Å². The first-order chi connectivity index (χ1) is 16.0. The van der Waals surface area contributed by atoms with E-state index in [9.17, 15) is 14.3 Å². The highest BCUT2D eigenvalue weighted by Gasteiger charge is 2.34. The number of nitrogens with one attached hydrogen (secondary N) is 1. The van der Waals surface area contributed by atoms with E-state index in [0.29, 0.717) is 37.1 Å². The van der Waals surface area contributed by atoms with Crippen LogP contribution in [0.2, 0.25) is 0 Å². The van der Waals surface area contributed by atoms with E-state index in [1.165, 1.54) is 6.07 Å². The Morgan fingerprint density at radius 3 is 2.70 bits per heavy atom. The smallest absolute Gasteiger partial charge is 0.257 e. The van der Waals surface area contributed by atoms with Crippen LogP contribution in [-0.4, -0.2) is 48.8 Å². The highest BCUT2D eigenvalue weighted by atomic mass is 19.1. The molecule has 2 aliphatic rings. The van der Waals surface area contributed by atoms with Crippen LogP contribution in [0, 0.1) is 17.7 Å². The van der Waals surface area contributed by atoms with Crippen molar-refractivity contribution >= 4 is 5.91 Å². The summed E-state index contributed by atoms with van der Waals surface area (Å²) in [5.41, 5.74) is 0.686. The maximum Gasteiger partial charge on any atom is 0.257 e. The summed E-state index contributed by atoms with van der Waals surface area (Å²) in [5.74, 6) is 0.897. The molecule has 0 aromatic heterocycles. The maximum atomic E-state index is 14.2. The molecule has 33 heavy (non-hydrogen) atoms. The molecule has 0 radical (unpaired) electrons. The van der Waals surface area contributed by atoms with Gasteiger partial charge in [0.15, 0.2) is 11.6 Å². The van der Waals surface area contributed by atoms with Crippen LogP contribution in [0.5, 0.6) is 17.2 Å². The van der Waals surface area contributed by atoms with Gasteiger partial charge in [-0.1, -0.05) is 12.1 Å². The highest BCUT2D eigenvalue weighted by molar-refractivity contribution is 5.99. The summed E-state index contributed by atoms with van der Waals surface area (Å²) in [6.07, 6.45) is 4.19.